The minimum Gasteiger partial charge on any atom is -0.292 e. The largest absolute Gasteiger partial charge is 0.292 e. The number of likely N-dealkylation sites (tertiary alicyclic amines) is 1. The summed E-state index contributed by atoms with van der Waals surface area (Å²) in [5.74, 6) is -2.53. The maximum Gasteiger partial charge on any atom is 0.261 e. The molecule has 1 unspecified atom stereocenters. The average Bonchev–Trinajstić information content (AvgIpc) is 2.15. The van der Waals surface area contributed by atoms with Crippen LogP contribution in [0.2, 0.25) is 0 Å². The third kappa shape index (κ3) is 3.38. The molecule has 0 spiro atoms. The van der Waals surface area contributed by atoms with Crippen LogP contribution in [0.15, 0.2) is 30.3 Å². The first kappa shape index (κ1) is 12.2. The number of benzene rings is 1. The molecule has 88 valence electrons. The molecule has 4 heteroatoms. The number of alkyl halides is 3. The van der Waals surface area contributed by atoms with E-state index < -0.39 is 5.92 Å². The SMILES string of the molecule is FC1(F)CC(I)CN(Cc2ccccc2)C1. The highest BCUT2D eigenvalue weighted by Crippen LogP contribution is 2.31. The predicted octanol–water partition coefficient (Wildman–Crippen LogP) is 3.33. The third-order valence-electron chi connectivity index (χ3n) is 2.68. The normalized spacial score (nSPS) is 25.6. The molecule has 0 N–H and O–H groups in total. The van der Waals surface area contributed by atoms with E-state index in [-0.39, 0.29) is 16.9 Å². The molecule has 1 saturated heterocycles. The Balaban J connectivity index is 2.00. The van der Waals surface area contributed by atoms with Gasteiger partial charge in [0.05, 0.1) is 6.54 Å². The van der Waals surface area contributed by atoms with E-state index in [0.717, 1.165) is 12.1 Å². The van der Waals surface area contributed by atoms with Gasteiger partial charge in [0.1, 0.15) is 0 Å². The molecular weight excluding hydrogens is 323 g/mol. The highest BCUT2D eigenvalue weighted by Gasteiger charge is 2.39. The second-order valence-electron chi connectivity index (χ2n) is 4.31. The Morgan fingerprint density at radius 2 is 2.00 bits per heavy atom. The lowest BCUT2D eigenvalue weighted by molar-refractivity contribution is -0.0617. The number of nitrogens with zero attached hydrogens (tertiary/aromatic N) is 1. The average molecular weight is 337 g/mol. The number of piperidine rings is 1. The molecule has 1 aromatic carbocycles. The van der Waals surface area contributed by atoms with Crippen molar-refractivity contribution in [1.29, 1.82) is 0 Å². The molecule has 1 aliphatic heterocycles. The van der Waals surface area contributed by atoms with Crippen LogP contribution in [-0.2, 0) is 6.54 Å². The number of hydrogen-bond donors (Lipinski definition) is 0. The van der Waals surface area contributed by atoms with Gasteiger partial charge in [-0.2, -0.15) is 0 Å². The first-order valence-electron chi connectivity index (χ1n) is 5.33. The number of halogens is 3. The molecule has 16 heavy (non-hydrogen) atoms. The lowest BCUT2D eigenvalue weighted by atomic mass is 10.1. The fourth-order valence-electron chi connectivity index (χ4n) is 2.09. The van der Waals surface area contributed by atoms with Gasteiger partial charge in [-0.05, 0) is 5.56 Å². The minimum atomic E-state index is -2.53. The van der Waals surface area contributed by atoms with E-state index >= 15 is 0 Å². The maximum atomic E-state index is 13.4. The molecular formula is C12H14F2IN. The van der Waals surface area contributed by atoms with Gasteiger partial charge >= 0.3 is 0 Å². The van der Waals surface area contributed by atoms with E-state index in [1.807, 2.05) is 35.2 Å². The lowest BCUT2D eigenvalue weighted by Crippen LogP contribution is -2.46. The van der Waals surface area contributed by atoms with Gasteiger partial charge < -0.3 is 0 Å². The Labute approximate surface area is 108 Å². The van der Waals surface area contributed by atoms with Crippen molar-refractivity contribution in [3.63, 3.8) is 0 Å². The Bertz CT molecular complexity index is 342. The second-order valence-corrected chi connectivity index (χ2v) is 6.07. The summed E-state index contributed by atoms with van der Waals surface area (Å²) < 4.78 is 26.8. The monoisotopic (exact) mass is 337 g/mol. The van der Waals surface area contributed by atoms with E-state index in [1.54, 1.807) is 0 Å². The van der Waals surface area contributed by atoms with E-state index in [0.29, 0.717) is 6.54 Å². The summed E-state index contributed by atoms with van der Waals surface area (Å²) in [6.07, 6.45) is 0.0127. The van der Waals surface area contributed by atoms with Gasteiger partial charge in [0.2, 0.25) is 0 Å². The maximum absolute atomic E-state index is 13.4. The van der Waals surface area contributed by atoms with Gasteiger partial charge in [-0.1, -0.05) is 52.9 Å². The van der Waals surface area contributed by atoms with Gasteiger partial charge in [0, 0.05) is 23.4 Å². The van der Waals surface area contributed by atoms with Crippen molar-refractivity contribution in [1.82, 2.24) is 4.90 Å². The van der Waals surface area contributed by atoms with Crippen LogP contribution in [0.1, 0.15) is 12.0 Å². The molecule has 1 atom stereocenters. The third-order valence-corrected chi connectivity index (χ3v) is 3.51. The lowest BCUT2D eigenvalue weighted by Gasteiger charge is -2.35. The van der Waals surface area contributed by atoms with Crippen LogP contribution in [0.25, 0.3) is 0 Å². The molecule has 0 radical (unpaired) electrons. The van der Waals surface area contributed by atoms with Crippen LogP contribution < -0.4 is 0 Å². The fourth-order valence-corrected chi connectivity index (χ4v) is 3.29. The van der Waals surface area contributed by atoms with Crippen molar-refractivity contribution in [2.75, 3.05) is 13.1 Å². The standard InChI is InChI=1S/C12H14F2IN/c13-12(14)6-11(15)8-16(9-12)7-10-4-2-1-3-5-10/h1-5,11H,6-9H2. The molecule has 1 heterocycles. The summed E-state index contributed by atoms with van der Waals surface area (Å²) in [5.41, 5.74) is 1.10. The van der Waals surface area contributed by atoms with Crippen molar-refractivity contribution in [2.45, 2.75) is 22.8 Å². The first-order valence-corrected chi connectivity index (χ1v) is 6.58. The van der Waals surface area contributed by atoms with Crippen LogP contribution in [0.5, 0.6) is 0 Å². The Morgan fingerprint density at radius 1 is 1.31 bits per heavy atom. The summed E-state index contributed by atoms with van der Waals surface area (Å²) >= 11 is 2.12. The molecule has 2 rings (SSSR count). The number of rotatable bonds is 2. The molecule has 0 aliphatic carbocycles. The van der Waals surface area contributed by atoms with Gasteiger partial charge in [0.15, 0.2) is 0 Å². The minimum absolute atomic E-state index is 0.0127. The quantitative estimate of drug-likeness (QED) is 0.591. The van der Waals surface area contributed by atoms with Crippen LogP contribution >= 0.6 is 22.6 Å². The molecule has 1 aliphatic rings. The highest BCUT2D eigenvalue weighted by molar-refractivity contribution is 14.1. The van der Waals surface area contributed by atoms with Gasteiger partial charge in [-0.3, -0.25) is 4.90 Å². The van der Waals surface area contributed by atoms with E-state index in [1.165, 1.54) is 0 Å². The zero-order valence-electron chi connectivity index (χ0n) is 8.87. The van der Waals surface area contributed by atoms with Crippen molar-refractivity contribution in [3.05, 3.63) is 35.9 Å². The summed E-state index contributed by atoms with van der Waals surface area (Å²) in [6.45, 7) is 1.27. The summed E-state index contributed by atoms with van der Waals surface area (Å²) in [5, 5.41) is 0. The molecule has 0 aromatic heterocycles. The van der Waals surface area contributed by atoms with Crippen molar-refractivity contribution in [3.8, 4) is 0 Å². The molecule has 0 saturated carbocycles. The zero-order chi connectivity index (χ0) is 11.6. The Hall–Kier alpha value is -0.230. The van der Waals surface area contributed by atoms with Gasteiger partial charge in [0.25, 0.3) is 5.92 Å². The van der Waals surface area contributed by atoms with Gasteiger partial charge in [-0.15, -0.1) is 0 Å². The summed E-state index contributed by atoms with van der Waals surface area (Å²) in [4.78, 5) is 1.84. The van der Waals surface area contributed by atoms with E-state index in [2.05, 4.69) is 22.6 Å². The number of hydrogen-bond acceptors (Lipinski definition) is 1. The predicted molar refractivity (Wildman–Crippen MR) is 69.1 cm³/mol. The smallest absolute Gasteiger partial charge is 0.261 e. The Morgan fingerprint density at radius 3 is 2.62 bits per heavy atom. The van der Waals surface area contributed by atoms with Crippen molar-refractivity contribution < 1.29 is 8.78 Å². The van der Waals surface area contributed by atoms with Crippen molar-refractivity contribution in [2.24, 2.45) is 0 Å². The molecule has 0 bridgehead atoms. The van der Waals surface area contributed by atoms with Gasteiger partial charge in [-0.25, -0.2) is 8.78 Å². The molecule has 1 fully saturated rings. The molecule has 1 nitrogen and oxygen atoms in total. The molecule has 1 aromatic rings. The van der Waals surface area contributed by atoms with Crippen LogP contribution in [0, 0.1) is 0 Å². The van der Waals surface area contributed by atoms with Crippen LogP contribution in [0.4, 0.5) is 8.78 Å². The zero-order valence-corrected chi connectivity index (χ0v) is 11.0. The summed E-state index contributed by atoms with van der Waals surface area (Å²) in [6, 6.07) is 9.79. The van der Waals surface area contributed by atoms with E-state index in [9.17, 15) is 8.78 Å². The topological polar surface area (TPSA) is 3.24 Å². The van der Waals surface area contributed by atoms with Crippen LogP contribution in [0.3, 0.4) is 0 Å². The second kappa shape index (κ2) is 4.96. The van der Waals surface area contributed by atoms with E-state index in [4.69, 9.17) is 0 Å². The van der Waals surface area contributed by atoms with Crippen LogP contribution in [-0.4, -0.2) is 27.8 Å². The summed E-state index contributed by atoms with van der Waals surface area (Å²) in [7, 11) is 0. The van der Waals surface area contributed by atoms with Crippen molar-refractivity contribution >= 4 is 22.6 Å². The fraction of sp³-hybridized carbons (Fsp3) is 0.500. The highest BCUT2D eigenvalue weighted by atomic mass is 127. The molecule has 0 amide bonds. The Kier molecular flexibility index (Phi) is 3.79. The first-order chi connectivity index (χ1) is 7.55.